The lowest BCUT2D eigenvalue weighted by atomic mass is 10.1. The molecular formula is C24H31N3O4S. The van der Waals surface area contributed by atoms with Crippen LogP contribution in [-0.2, 0) is 21.2 Å². The number of amides is 1. The number of rotatable bonds is 6. The number of carbonyl (C=O) groups excluding carboxylic acids is 1. The molecule has 2 fully saturated rings. The number of benzene rings is 2. The lowest BCUT2D eigenvalue weighted by Gasteiger charge is -2.27. The van der Waals surface area contributed by atoms with Crippen molar-refractivity contribution in [2.45, 2.75) is 38.0 Å². The van der Waals surface area contributed by atoms with Crippen molar-refractivity contribution >= 4 is 27.3 Å². The third-order valence-electron chi connectivity index (χ3n) is 6.23. The van der Waals surface area contributed by atoms with Gasteiger partial charge in [0.2, 0.25) is 10.0 Å². The second-order valence-electron chi connectivity index (χ2n) is 8.34. The van der Waals surface area contributed by atoms with Crippen LogP contribution in [0.3, 0.4) is 0 Å². The van der Waals surface area contributed by atoms with Crippen molar-refractivity contribution in [3.63, 3.8) is 0 Å². The Kier molecular flexibility index (Phi) is 6.83. The van der Waals surface area contributed by atoms with Crippen molar-refractivity contribution in [2.75, 3.05) is 49.6 Å². The van der Waals surface area contributed by atoms with Gasteiger partial charge in [-0.05, 0) is 67.6 Å². The average molecular weight is 458 g/mol. The SMILES string of the molecule is CCc1ccc(C(=O)Nc2ccc(N3CCCC3)cc2C)cc1S(=O)(=O)N1CCOCC1. The number of aryl methyl sites for hydroxylation is 2. The highest BCUT2D eigenvalue weighted by atomic mass is 32.2. The predicted molar refractivity (Wildman–Crippen MR) is 126 cm³/mol. The lowest BCUT2D eigenvalue weighted by Crippen LogP contribution is -2.41. The van der Waals surface area contributed by atoms with Crippen molar-refractivity contribution in [2.24, 2.45) is 0 Å². The zero-order valence-corrected chi connectivity index (χ0v) is 19.6. The number of hydrogen-bond donors (Lipinski definition) is 1. The van der Waals surface area contributed by atoms with E-state index in [1.165, 1.54) is 28.9 Å². The van der Waals surface area contributed by atoms with E-state index in [0.717, 1.165) is 24.3 Å². The first-order valence-corrected chi connectivity index (χ1v) is 12.7. The van der Waals surface area contributed by atoms with E-state index in [1.807, 2.05) is 26.0 Å². The van der Waals surface area contributed by atoms with Gasteiger partial charge in [0.25, 0.3) is 5.91 Å². The van der Waals surface area contributed by atoms with Gasteiger partial charge in [0, 0.05) is 43.1 Å². The Morgan fingerprint density at radius 1 is 1.03 bits per heavy atom. The maximum Gasteiger partial charge on any atom is 0.255 e. The number of sulfonamides is 1. The summed E-state index contributed by atoms with van der Waals surface area (Å²) in [6.07, 6.45) is 2.99. The molecule has 0 atom stereocenters. The fourth-order valence-corrected chi connectivity index (χ4v) is 6.04. The molecule has 0 aromatic heterocycles. The molecule has 2 aromatic rings. The molecule has 172 valence electrons. The van der Waals surface area contributed by atoms with Crippen LogP contribution in [0.2, 0.25) is 0 Å². The van der Waals surface area contributed by atoms with E-state index in [1.54, 1.807) is 12.1 Å². The average Bonchev–Trinajstić information content (AvgIpc) is 3.35. The van der Waals surface area contributed by atoms with Crippen LogP contribution in [0.25, 0.3) is 0 Å². The zero-order valence-electron chi connectivity index (χ0n) is 18.8. The fraction of sp³-hybridized carbons (Fsp3) is 0.458. The van der Waals surface area contributed by atoms with E-state index in [4.69, 9.17) is 4.74 Å². The van der Waals surface area contributed by atoms with Gasteiger partial charge in [-0.3, -0.25) is 4.79 Å². The first-order chi connectivity index (χ1) is 15.4. The largest absolute Gasteiger partial charge is 0.379 e. The minimum absolute atomic E-state index is 0.204. The van der Waals surface area contributed by atoms with Crippen LogP contribution in [0.4, 0.5) is 11.4 Å². The Labute approximate surface area is 190 Å². The molecule has 0 radical (unpaired) electrons. The maximum absolute atomic E-state index is 13.3. The number of nitrogens with zero attached hydrogens (tertiary/aromatic N) is 2. The Morgan fingerprint density at radius 3 is 2.41 bits per heavy atom. The van der Waals surface area contributed by atoms with Crippen LogP contribution >= 0.6 is 0 Å². The van der Waals surface area contributed by atoms with E-state index >= 15 is 0 Å². The van der Waals surface area contributed by atoms with Gasteiger partial charge in [0.05, 0.1) is 18.1 Å². The summed E-state index contributed by atoms with van der Waals surface area (Å²) in [6, 6.07) is 11.0. The van der Waals surface area contributed by atoms with Gasteiger partial charge in [0.15, 0.2) is 0 Å². The number of anilines is 2. The molecule has 2 aliphatic heterocycles. The standard InChI is InChI=1S/C24H31N3O4S/c1-3-19-6-7-20(17-23(19)32(29,30)27-12-14-31-15-13-27)24(28)25-22-9-8-21(16-18(22)2)26-10-4-5-11-26/h6-9,16-17H,3-5,10-15H2,1-2H3,(H,25,28). The van der Waals surface area contributed by atoms with Crippen LogP contribution in [0.1, 0.15) is 41.3 Å². The van der Waals surface area contributed by atoms with Crippen molar-refractivity contribution in [1.82, 2.24) is 4.31 Å². The van der Waals surface area contributed by atoms with Crippen LogP contribution in [0.15, 0.2) is 41.3 Å². The van der Waals surface area contributed by atoms with Gasteiger partial charge in [-0.25, -0.2) is 8.42 Å². The molecule has 0 spiro atoms. The van der Waals surface area contributed by atoms with Gasteiger partial charge >= 0.3 is 0 Å². The normalized spacial score (nSPS) is 17.5. The second kappa shape index (κ2) is 9.60. The molecule has 1 N–H and O–H groups in total. The molecule has 1 amide bonds. The fourth-order valence-electron chi connectivity index (χ4n) is 4.31. The first-order valence-electron chi connectivity index (χ1n) is 11.3. The Bertz CT molecular complexity index is 1090. The summed E-state index contributed by atoms with van der Waals surface area (Å²) in [5.41, 5.74) is 3.92. The van der Waals surface area contributed by atoms with Crippen molar-refractivity contribution in [3.8, 4) is 0 Å². The summed E-state index contributed by atoms with van der Waals surface area (Å²) < 4.78 is 33.2. The molecule has 8 heteroatoms. The topological polar surface area (TPSA) is 79.0 Å². The lowest BCUT2D eigenvalue weighted by molar-refractivity contribution is 0.0730. The van der Waals surface area contributed by atoms with E-state index in [0.29, 0.717) is 43.9 Å². The first kappa shape index (κ1) is 22.8. The Balaban J connectivity index is 1.57. The molecule has 2 aromatic carbocycles. The molecule has 0 saturated carbocycles. The summed E-state index contributed by atoms with van der Waals surface area (Å²) in [5, 5.41) is 2.95. The second-order valence-corrected chi connectivity index (χ2v) is 10.2. The van der Waals surface area contributed by atoms with Crippen molar-refractivity contribution in [1.29, 1.82) is 0 Å². The van der Waals surface area contributed by atoms with E-state index in [9.17, 15) is 13.2 Å². The molecule has 4 rings (SSSR count). The number of hydrogen-bond acceptors (Lipinski definition) is 5. The number of ether oxygens (including phenoxy) is 1. The van der Waals surface area contributed by atoms with Gasteiger partial charge in [-0.2, -0.15) is 4.31 Å². The molecule has 0 bridgehead atoms. The van der Waals surface area contributed by atoms with E-state index < -0.39 is 10.0 Å². The molecule has 2 saturated heterocycles. The molecule has 2 aliphatic rings. The maximum atomic E-state index is 13.3. The van der Waals surface area contributed by atoms with Crippen molar-refractivity contribution < 1.29 is 17.9 Å². The highest BCUT2D eigenvalue weighted by molar-refractivity contribution is 7.89. The molecule has 32 heavy (non-hydrogen) atoms. The summed E-state index contributed by atoms with van der Waals surface area (Å²) in [4.78, 5) is 15.6. The van der Waals surface area contributed by atoms with E-state index in [2.05, 4.69) is 16.3 Å². The third kappa shape index (κ3) is 4.67. The minimum atomic E-state index is -3.69. The summed E-state index contributed by atoms with van der Waals surface area (Å²) >= 11 is 0. The number of morpholine rings is 1. The van der Waals surface area contributed by atoms with Gasteiger partial charge in [-0.1, -0.05) is 13.0 Å². The third-order valence-corrected chi connectivity index (χ3v) is 8.21. The molecule has 0 aliphatic carbocycles. The molecule has 2 heterocycles. The summed E-state index contributed by atoms with van der Waals surface area (Å²) in [7, 11) is -3.69. The van der Waals surface area contributed by atoms with Crippen LogP contribution in [-0.4, -0.2) is 58.0 Å². The monoisotopic (exact) mass is 457 g/mol. The number of carbonyl (C=O) groups is 1. The molecular weight excluding hydrogens is 426 g/mol. The van der Waals surface area contributed by atoms with Crippen molar-refractivity contribution in [3.05, 3.63) is 53.1 Å². The van der Waals surface area contributed by atoms with Crippen LogP contribution in [0, 0.1) is 6.92 Å². The van der Waals surface area contributed by atoms with Gasteiger partial charge in [0.1, 0.15) is 0 Å². The predicted octanol–water partition coefficient (Wildman–Crippen LogP) is 3.43. The summed E-state index contributed by atoms with van der Waals surface area (Å²) in [5.74, 6) is -0.317. The smallest absolute Gasteiger partial charge is 0.255 e. The van der Waals surface area contributed by atoms with E-state index in [-0.39, 0.29) is 10.8 Å². The Morgan fingerprint density at radius 2 is 1.75 bits per heavy atom. The Hall–Kier alpha value is -2.42. The zero-order chi connectivity index (χ0) is 22.7. The highest BCUT2D eigenvalue weighted by Gasteiger charge is 2.29. The van der Waals surface area contributed by atoms with Crippen LogP contribution < -0.4 is 10.2 Å². The van der Waals surface area contributed by atoms with Crippen LogP contribution in [0.5, 0.6) is 0 Å². The molecule has 7 nitrogen and oxygen atoms in total. The van der Waals surface area contributed by atoms with Gasteiger partial charge in [-0.15, -0.1) is 0 Å². The minimum Gasteiger partial charge on any atom is -0.379 e. The quantitative estimate of drug-likeness (QED) is 0.719. The highest BCUT2D eigenvalue weighted by Crippen LogP contribution is 2.27. The number of nitrogens with one attached hydrogen (secondary N) is 1. The van der Waals surface area contributed by atoms with Gasteiger partial charge < -0.3 is 15.0 Å². The molecule has 0 unspecified atom stereocenters. The summed E-state index contributed by atoms with van der Waals surface area (Å²) in [6.45, 7) is 7.43.